The van der Waals surface area contributed by atoms with E-state index in [1.54, 1.807) is 24.8 Å². The third-order valence-electron chi connectivity index (χ3n) is 3.77. The van der Waals surface area contributed by atoms with Crippen molar-refractivity contribution in [3.63, 3.8) is 0 Å². The van der Waals surface area contributed by atoms with Crippen LogP contribution in [0.2, 0.25) is 5.02 Å². The van der Waals surface area contributed by atoms with Gasteiger partial charge in [0.1, 0.15) is 11.6 Å². The third-order valence-corrected chi connectivity index (χ3v) is 4.13. The average Bonchev–Trinajstić information content (AvgIpc) is 2.37. The van der Waals surface area contributed by atoms with Crippen LogP contribution in [0.25, 0.3) is 0 Å². The average molecular weight is 309 g/mol. The molecule has 2 amide bonds. The first-order valence-electron chi connectivity index (χ1n) is 7.10. The number of carbonyl (C=O) groups excluding carboxylic acids is 2. The Morgan fingerprint density at radius 1 is 1.29 bits per heavy atom. The lowest BCUT2D eigenvalue weighted by molar-refractivity contribution is -0.156. The number of amides is 2. The van der Waals surface area contributed by atoms with Gasteiger partial charge in [-0.05, 0) is 31.4 Å². The van der Waals surface area contributed by atoms with Gasteiger partial charge in [0, 0.05) is 11.6 Å². The highest BCUT2D eigenvalue weighted by Gasteiger charge is 2.46. The zero-order valence-corrected chi connectivity index (χ0v) is 13.6. The topological polar surface area (TPSA) is 49.4 Å². The van der Waals surface area contributed by atoms with Crippen LogP contribution in [0.5, 0.6) is 0 Å². The highest BCUT2D eigenvalue weighted by Crippen LogP contribution is 2.26. The van der Waals surface area contributed by atoms with Crippen LogP contribution in [0.4, 0.5) is 0 Å². The minimum absolute atomic E-state index is 0.0348. The summed E-state index contributed by atoms with van der Waals surface area (Å²) in [5.74, 6) is -0.157. The molecule has 4 nitrogen and oxygen atoms in total. The molecule has 0 radical (unpaired) electrons. The SMILES string of the molecule is CC(C)C1C(=O)NC(C)(C)C(=O)N1Cc1ccccc1Cl. The van der Waals surface area contributed by atoms with Crippen molar-refractivity contribution >= 4 is 23.4 Å². The van der Waals surface area contributed by atoms with Gasteiger partial charge in [-0.3, -0.25) is 9.59 Å². The largest absolute Gasteiger partial charge is 0.340 e. The van der Waals surface area contributed by atoms with Crippen LogP contribution in [-0.4, -0.2) is 28.3 Å². The summed E-state index contributed by atoms with van der Waals surface area (Å²) in [4.78, 5) is 26.7. The summed E-state index contributed by atoms with van der Waals surface area (Å²) in [5.41, 5.74) is -0.0346. The summed E-state index contributed by atoms with van der Waals surface area (Å²) in [7, 11) is 0. The Labute approximate surface area is 130 Å². The Morgan fingerprint density at radius 3 is 2.48 bits per heavy atom. The molecule has 21 heavy (non-hydrogen) atoms. The lowest BCUT2D eigenvalue weighted by Gasteiger charge is -2.44. The second-order valence-corrected chi connectivity index (χ2v) is 6.73. The van der Waals surface area contributed by atoms with Crippen LogP contribution in [0.1, 0.15) is 33.3 Å². The normalized spacial score (nSPS) is 21.6. The van der Waals surface area contributed by atoms with E-state index in [2.05, 4.69) is 5.32 Å². The lowest BCUT2D eigenvalue weighted by atomic mass is 9.91. The zero-order valence-electron chi connectivity index (χ0n) is 12.8. The standard InChI is InChI=1S/C16H21ClN2O2/c1-10(2)13-14(20)18-16(3,4)15(21)19(13)9-11-7-5-6-8-12(11)17/h5-8,10,13H,9H2,1-4H3,(H,18,20). The number of piperazine rings is 1. The highest BCUT2D eigenvalue weighted by molar-refractivity contribution is 6.31. The molecule has 1 aromatic carbocycles. The van der Waals surface area contributed by atoms with Gasteiger partial charge in [0.2, 0.25) is 11.8 Å². The molecule has 1 unspecified atom stereocenters. The summed E-state index contributed by atoms with van der Waals surface area (Å²) in [6, 6.07) is 6.93. The van der Waals surface area contributed by atoms with Crippen LogP contribution in [0, 0.1) is 5.92 Å². The predicted octanol–water partition coefficient (Wildman–Crippen LogP) is 2.60. The molecule has 1 atom stereocenters. The monoisotopic (exact) mass is 308 g/mol. The molecule has 5 heteroatoms. The fourth-order valence-electron chi connectivity index (χ4n) is 2.71. The number of benzene rings is 1. The fraction of sp³-hybridized carbons (Fsp3) is 0.500. The molecule has 1 fully saturated rings. The maximum Gasteiger partial charge on any atom is 0.248 e. The number of hydrogen-bond donors (Lipinski definition) is 1. The first-order valence-corrected chi connectivity index (χ1v) is 7.48. The van der Waals surface area contributed by atoms with Gasteiger partial charge >= 0.3 is 0 Å². The maximum absolute atomic E-state index is 12.7. The second-order valence-electron chi connectivity index (χ2n) is 6.33. The van der Waals surface area contributed by atoms with E-state index < -0.39 is 11.6 Å². The maximum atomic E-state index is 12.7. The fourth-order valence-corrected chi connectivity index (χ4v) is 2.90. The van der Waals surface area contributed by atoms with E-state index >= 15 is 0 Å². The Hall–Kier alpha value is -1.55. The Morgan fingerprint density at radius 2 is 1.90 bits per heavy atom. The van der Waals surface area contributed by atoms with Gasteiger partial charge in [-0.2, -0.15) is 0 Å². The van der Waals surface area contributed by atoms with Gasteiger partial charge in [-0.25, -0.2) is 0 Å². The van der Waals surface area contributed by atoms with Gasteiger partial charge in [-0.15, -0.1) is 0 Å². The molecule has 1 heterocycles. The Bertz CT molecular complexity index is 569. The molecule has 0 saturated carbocycles. The van der Waals surface area contributed by atoms with E-state index in [0.29, 0.717) is 11.6 Å². The molecule has 1 saturated heterocycles. The number of rotatable bonds is 3. The zero-order chi connectivity index (χ0) is 15.8. The first-order chi connectivity index (χ1) is 9.74. The van der Waals surface area contributed by atoms with Crippen LogP contribution in [0.15, 0.2) is 24.3 Å². The van der Waals surface area contributed by atoms with Crippen molar-refractivity contribution < 1.29 is 9.59 Å². The first kappa shape index (κ1) is 15.8. The molecule has 0 aromatic heterocycles. The molecular formula is C16H21ClN2O2. The predicted molar refractivity (Wildman–Crippen MR) is 82.8 cm³/mol. The molecule has 114 valence electrons. The van der Waals surface area contributed by atoms with Crippen molar-refractivity contribution in [2.45, 2.75) is 45.8 Å². The van der Waals surface area contributed by atoms with E-state index in [1.807, 2.05) is 32.0 Å². The van der Waals surface area contributed by atoms with Crippen molar-refractivity contribution in [1.29, 1.82) is 0 Å². The highest BCUT2D eigenvalue weighted by atomic mass is 35.5. The van der Waals surface area contributed by atoms with E-state index in [1.165, 1.54) is 0 Å². The van der Waals surface area contributed by atoms with E-state index in [4.69, 9.17) is 11.6 Å². The van der Waals surface area contributed by atoms with E-state index in [9.17, 15) is 9.59 Å². The van der Waals surface area contributed by atoms with Crippen molar-refractivity contribution in [1.82, 2.24) is 10.2 Å². The number of hydrogen-bond acceptors (Lipinski definition) is 2. The van der Waals surface area contributed by atoms with Crippen molar-refractivity contribution in [3.05, 3.63) is 34.9 Å². The number of halogens is 1. The smallest absolute Gasteiger partial charge is 0.248 e. The summed E-state index contributed by atoms with van der Waals surface area (Å²) < 4.78 is 0. The van der Waals surface area contributed by atoms with Crippen molar-refractivity contribution in [2.24, 2.45) is 5.92 Å². The summed E-state index contributed by atoms with van der Waals surface area (Å²) in [5, 5.41) is 3.41. The summed E-state index contributed by atoms with van der Waals surface area (Å²) >= 11 is 6.19. The molecule has 0 bridgehead atoms. The van der Waals surface area contributed by atoms with E-state index in [0.717, 1.165) is 5.56 Å². The quantitative estimate of drug-likeness (QED) is 0.933. The van der Waals surface area contributed by atoms with Gasteiger partial charge in [-0.1, -0.05) is 43.6 Å². The van der Waals surface area contributed by atoms with Crippen LogP contribution in [0.3, 0.4) is 0 Å². The summed E-state index contributed by atoms with van der Waals surface area (Å²) in [6.07, 6.45) is 0. The molecule has 0 aliphatic carbocycles. The van der Waals surface area contributed by atoms with Gasteiger partial charge in [0.05, 0.1) is 0 Å². The van der Waals surface area contributed by atoms with E-state index in [-0.39, 0.29) is 17.7 Å². The van der Waals surface area contributed by atoms with Crippen molar-refractivity contribution in [2.75, 3.05) is 0 Å². The summed E-state index contributed by atoms with van der Waals surface area (Å²) in [6.45, 7) is 7.68. The molecule has 1 aliphatic rings. The minimum Gasteiger partial charge on any atom is -0.340 e. The number of nitrogens with zero attached hydrogens (tertiary/aromatic N) is 1. The van der Waals surface area contributed by atoms with Crippen LogP contribution in [-0.2, 0) is 16.1 Å². The molecule has 1 aromatic rings. The van der Waals surface area contributed by atoms with Gasteiger partial charge < -0.3 is 10.2 Å². The number of carbonyl (C=O) groups is 2. The molecule has 1 aliphatic heterocycles. The van der Waals surface area contributed by atoms with Crippen LogP contribution < -0.4 is 5.32 Å². The molecule has 1 N–H and O–H groups in total. The Balaban J connectivity index is 2.37. The number of nitrogens with one attached hydrogen (secondary N) is 1. The lowest BCUT2D eigenvalue weighted by Crippen LogP contribution is -2.68. The molecule has 0 spiro atoms. The van der Waals surface area contributed by atoms with Crippen LogP contribution >= 0.6 is 11.6 Å². The minimum atomic E-state index is -0.885. The second kappa shape index (κ2) is 5.68. The Kier molecular flexibility index (Phi) is 4.28. The van der Waals surface area contributed by atoms with Crippen molar-refractivity contribution in [3.8, 4) is 0 Å². The third kappa shape index (κ3) is 3.05. The molecule has 2 rings (SSSR count). The van der Waals surface area contributed by atoms with Gasteiger partial charge in [0.25, 0.3) is 0 Å². The molecular weight excluding hydrogens is 288 g/mol. The van der Waals surface area contributed by atoms with Gasteiger partial charge in [0.15, 0.2) is 0 Å².